The molecule has 0 spiro atoms. The second kappa shape index (κ2) is 7.40. The standard InChI is InChI=1S/C22H26N2O/c25-22(21-14-19-8-4-5-9-20(19)21)23-15-18-11-13-24(16-18)12-10-17-6-2-1-3-7-17/h1-9,18,21H,10-16H2,(H,23,25). The molecule has 25 heavy (non-hydrogen) atoms. The summed E-state index contributed by atoms with van der Waals surface area (Å²) in [4.78, 5) is 14.9. The fourth-order valence-corrected chi connectivity index (χ4v) is 4.08. The summed E-state index contributed by atoms with van der Waals surface area (Å²) in [6.45, 7) is 4.19. The maximum atomic E-state index is 12.4. The first-order valence-electron chi connectivity index (χ1n) is 9.41. The van der Waals surface area contributed by atoms with E-state index in [0.29, 0.717) is 5.92 Å². The van der Waals surface area contributed by atoms with Gasteiger partial charge in [0.1, 0.15) is 0 Å². The van der Waals surface area contributed by atoms with Crippen LogP contribution in [-0.2, 0) is 17.6 Å². The first-order valence-corrected chi connectivity index (χ1v) is 9.41. The summed E-state index contributed by atoms with van der Waals surface area (Å²) in [5, 5.41) is 3.20. The van der Waals surface area contributed by atoms with E-state index in [1.807, 2.05) is 6.07 Å². The Morgan fingerprint density at radius 1 is 1.08 bits per heavy atom. The molecule has 4 rings (SSSR count). The van der Waals surface area contributed by atoms with Crippen molar-refractivity contribution in [1.82, 2.24) is 10.2 Å². The van der Waals surface area contributed by atoms with E-state index in [2.05, 4.69) is 58.7 Å². The highest BCUT2D eigenvalue weighted by Crippen LogP contribution is 2.34. The maximum Gasteiger partial charge on any atom is 0.227 e. The Kier molecular flexibility index (Phi) is 4.84. The second-order valence-corrected chi connectivity index (χ2v) is 7.39. The van der Waals surface area contributed by atoms with E-state index in [4.69, 9.17) is 0 Å². The first kappa shape index (κ1) is 16.3. The molecule has 1 heterocycles. The molecule has 1 aliphatic carbocycles. The molecule has 1 fully saturated rings. The smallest absolute Gasteiger partial charge is 0.227 e. The van der Waals surface area contributed by atoms with Gasteiger partial charge in [0.25, 0.3) is 0 Å². The van der Waals surface area contributed by atoms with Gasteiger partial charge in [0.05, 0.1) is 5.92 Å². The van der Waals surface area contributed by atoms with Crippen molar-refractivity contribution < 1.29 is 4.79 Å². The maximum absolute atomic E-state index is 12.4. The van der Waals surface area contributed by atoms with Gasteiger partial charge in [-0.05, 0) is 48.4 Å². The molecule has 0 aromatic heterocycles. The Morgan fingerprint density at radius 3 is 2.72 bits per heavy atom. The number of likely N-dealkylation sites (tertiary alicyclic amines) is 1. The van der Waals surface area contributed by atoms with Crippen LogP contribution in [-0.4, -0.2) is 37.0 Å². The molecular formula is C22H26N2O. The Labute approximate surface area is 150 Å². The van der Waals surface area contributed by atoms with Gasteiger partial charge >= 0.3 is 0 Å². The van der Waals surface area contributed by atoms with Gasteiger partial charge < -0.3 is 10.2 Å². The molecule has 130 valence electrons. The molecule has 2 atom stereocenters. The van der Waals surface area contributed by atoms with Crippen LogP contribution in [0.5, 0.6) is 0 Å². The van der Waals surface area contributed by atoms with Gasteiger partial charge in [-0.15, -0.1) is 0 Å². The van der Waals surface area contributed by atoms with Crippen LogP contribution in [0.1, 0.15) is 29.0 Å². The van der Waals surface area contributed by atoms with E-state index in [-0.39, 0.29) is 11.8 Å². The van der Waals surface area contributed by atoms with Gasteiger partial charge in [0.2, 0.25) is 5.91 Å². The molecule has 1 amide bonds. The molecule has 2 unspecified atom stereocenters. The summed E-state index contributed by atoms with van der Waals surface area (Å²) < 4.78 is 0. The largest absolute Gasteiger partial charge is 0.355 e. The zero-order chi connectivity index (χ0) is 17.1. The summed E-state index contributed by atoms with van der Waals surface area (Å²) in [5.41, 5.74) is 3.95. The zero-order valence-corrected chi connectivity index (χ0v) is 14.7. The van der Waals surface area contributed by atoms with Crippen LogP contribution in [0.2, 0.25) is 0 Å². The normalized spacial score (nSPS) is 22.2. The van der Waals surface area contributed by atoms with E-state index in [9.17, 15) is 4.79 Å². The van der Waals surface area contributed by atoms with Gasteiger partial charge in [0.15, 0.2) is 0 Å². The number of nitrogens with one attached hydrogen (secondary N) is 1. The Balaban J connectivity index is 1.19. The minimum Gasteiger partial charge on any atom is -0.355 e. The summed E-state index contributed by atoms with van der Waals surface area (Å²) in [6.07, 6.45) is 3.20. The van der Waals surface area contributed by atoms with E-state index in [1.165, 1.54) is 23.1 Å². The molecule has 2 aromatic rings. The van der Waals surface area contributed by atoms with Gasteiger partial charge in [-0.25, -0.2) is 0 Å². The molecular weight excluding hydrogens is 308 g/mol. The van der Waals surface area contributed by atoms with Crippen LogP contribution in [0.15, 0.2) is 54.6 Å². The fraction of sp³-hybridized carbons (Fsp3) is 0.409. The third-order valence-corrected chi connectivity index (χ3v) is 5.67. The van der Waals surface area contributed by atoms with Crippen molar-refractivity contribution in [2.45, 2.75) is 25.2 Å². The number of hydrogen-bond acceptors (Lipinski definition) is 2. The predicted octanol–water partition coefficient (Wildman–Crippen LogP) is 3.01. The number of nitrogens with zero attached hydrogens (tertiary/aromatic N) is 1. The first-order chi connectivity index (χ1) is 12.3. The third-order valence-electron chi connectivity index (χ3n) is 5.67. The minimum absolute atomic E-state index is 0.0757. The van der Waals surface area contributed by atoms with Crippen molar-refractivity contribution in [1.29, 1.82) is 0 Å². The van der Waals surface area contributed by atoms with Crippen LogP contribution in [0.4, 0.5) is 0 Å². The number of benzene rings is 2. The van der Waals surface area contributed by atoms with Gasteiger partial charge in [-0.2, -0.15) is 0 Å². The molecule has 0 bridgehead atoms. The average Bonchev–Trinajstić information content (AvgIpc) is 3.08. The number of hydrogen-bond donors (Lipinski definition) is 1. The number of amides is 1. The summed E-state index contributed by atoms with van der Waals surface area (Å²) in [5.74, 6) is 0.878. The van der Waals surface area contributed by atoms with Crippen molar-refractivity contribution in [2.24, 2.45) is 5.92 Å². The predicted molar refractivity (Wildman–Crippen MR) is 101 cm³/mol. The van der Waals surface area contributed by atoms with Gasteiger partial charge in [-0.1, -0.05) is 54.6 Å². The summed E-state index contributed by atoms with van der Waals surface area (Å²) in [6, 6.07) is 19.0. The monoisotopic (exact) mass is 334 g/mol. The molecule has 2 aromatic carbocycles. The Morgan fingerprint density at radius 2 is 1.88 bits per heavy atom. The van der Waals surface area contributed by atoms with Crippen LogP contribution in [0.3, 0.4) is 0 Å². The van der Waals surface area contributed by atoms with E-state index >= 15 is 0 Å². The van der Waals surface area contributed by atoms with Crippen LogP contribution in [0.25, 0.3) is 0 Å². The lowest BCUT2D eigenvalue weighted by Gasteiger charge is -2.29. The molecule has 1 aliphatic heterocycles. The van der Waals surface area contributed by atoms with Crippen molar-refractivity contribution >= 4 is 5.91 Å². The van der Waals surface area contributed by atoms with Crippen molar-refractivity contribution in [3.8, 4) is 0 Å². The van der Waals surface area contributed by atoms with E-state index in [0.717, 1.165) is 39.0 Å². The molecule has 0 saturated carbocycles. The fourth-order valence-electron chi connectivity index (χ4n) is 4.08. The van der Waals surface area contributed by atoms with Gasteiger partial charge in [0, 0.05) is 19.6 Å². The number of carbonyl (C=O) groups is 1. The van der Waals surface area contributed by atoms with Crippen molar-refractivity contribution in [3.63, 3.8) is 0 Å². The summed E-state index contributed by atoms with van der Waals surface area (Å²) in [7, 11) is 0. The SMILES string of the molecule is O=C(NCC1CCN(CCc2ccccc2)C1)C1Cc2ccccc21. The highest BCUT2D eigenvalue weighted by atomic mass is 16.1. The molecule has 0 radical (unpaired) electrons. The van der Waals surface area contributed by atoms with Crippen LogP contribution < -0.4 is 5.32 Å². The number of rotatable bonds is 6. The second-order valence-electron chi connectivity index (χ2n) is 7.39. The third kappa shape index (κ3) is 3.77. The minimum atomic E-state index is 0.0757. The molecule has 1 N–H and O–H groups in total. The topological polar surface area (TPSA) is 32.3 Å². The molecule has 3 heteroatoms. The Hall–Kier alpha value is -2.13. The lowest BCUT2D eigenvalue weighted by atomic mass is 9.77. The highest BCUT2D eigenvalue weighted by Gasteiger charge is 2.32. The van der Waals surface area contributed by atoms with Crippen LogP contribution in [0, 0.1) is 5.92 Å². The van der Waals surface area contributed by atoms with Crippen molar-refractivity contribution in [2.75, 3.05) is 26.2 Å². The van der Waals surface area contributed by atoms with E-state index in [1.54, 1.807) is 0 Å². The van der Waals surface area contributed by atoms with Gasteiger partial charge in [-0.3, -0.25) is 4.79 Å². The van der Waals surface area contributed by atoms with E-state index < -0.39 is 0 Å². The molecule has 1 saturated heterocycles. The van der Waals surface area contributed by atoms with Crippen molar-refractivity contribution in [3.05, 3.63) is 71.3 Å². The molecule has 2 aliphatic rings. The quantitative estimate of drug-likeness (QED) is 0.881. The van der Waals surface area contributed by atoms with Crippen LogP contribution >= 0.6 is 0 Å². The average molecular weight is 334 g/mol. The lowest BCUT2D eigenvalue weighted by molar-refractivity contribution is -0.123. The summed E-state index contributed by atoms with van der Waals surface area (Å²) >= 11 is 0. The highest BCUT2D eigenvalue weighted by molar-refractivity contribution is 5.86. The zero-order valence-electron chi connectivity index (χ0n) is 14.7. The lowest BCUT2D eigenvalue weighted by Crippen LogP contribution is -2.38. The molecule has 3 nitrogen and oxygen atoms in total. The number of carbonyl (C=O) groups excluding carboxylic acids is 1. The number of fused-ring (bicyclic) bond motifs is 1. The Bertz CT molecular complexity index is 728.